The lowest BCUT2D eigenvalue weighted by molar-refractivity contribution is -0.122. The van der Waals surface area contributed by atoms with Crippen molar-refractivity contribution in [2.75, 3.05) is 4.90 Å². The van der Waals surface area contributed by atoms with E-state index >= 15 is 0 Å². The van der Waals surface area contributed by atoms with Crippen LogP contribution in [0.15, 0.2) is 72.8 Å². The fraction of sp³-hybridized carbons (Fsp3) is 0.306. The lowest BCUT2D eigenvalue weighted by atomic mass is 9.76. The number of ketones is 1. The quantitative estimate of drug-likeness (QED) is 0.142. The molecule has 2 fully saturated rings. The van der Waals surface area contributed by atoms with Crippen molar-refractivity contribution in [3.8, 4) is 11.3 Å². The molecule has 2 aliphatic rings. The molecule has 7 heteroatoms. The Morgan fingerprint density at radius 1 is 0.860 bits per heavy atom. The number of ether oxygens (including phenoxy) is 1. The standard InChI is InChI=1S/C36H34N2O5/c1-20-5-9-25(10-6-20)33(39)23(4)43-36(42)30-19-32(37-31-16-8-22(3)17-28(30)31)24-11-13-26(14-12-24)38-34(40)27-15-7-21(2)18-29(27)35(38)41/h5-6,8-14,16-17,19,21,23,27,29H,7,15,18H2,1-4H3/t21-,23-,27+,29+/m1/s1. The van der Waals surface area contributed by atoms with Gasteiger partial charge in [0.25, 0.3) is 0 Å². The van der Waals surface area contributed by atoms with Crippen molar-refractivity contribution in [1.82, 2.24) is 4.98 Å². The van der Waals surface area contributed by atoms with Crippen LogP contribution in [0.3, 0.4) is 0 Å². The highest BCUT2D eigenvalue weighted by Gasteiger charge is 2.49. The molecule has 2 heterocycles. The summed E-state index contributed by atoms with van der Waals surface area (Å²) in [4.78, 5) is 59.0. The normalized spacial score (nSPS) is 20.7. The number of benzene rings is 3. The van der Waals surface area contributed by atoms with Crippen LogP contribution < -0.4 is 4.90 Å². The summed E-state index contributed by atoms with van der Waals surface area (Å²) >= 11 is 0. The van der Waals surface area contributed by atoms with Gasteiger partial charge in [0, 0.05) is 16.5 Å². The van der Waals surface area contributed by atoms with Crippen LogP contribution in [-0.4, -0.2) is 34.7 Å². The molecule has 0 spiro atoms. The first kappa shape index (κ1) is 28.5. The summed E-state index contributed by atoms with van der Waals surface area (Å²) < 4.78 is 5.69. The summed E-state index contributed by atoms with van der Waals surface area (Å²) in [5.74, 6) is -1.17. The van der Waals surface area contributed by atoms with Crippen LogP contribution in [0, 0.1) is 31.6 Å². The van der Waals surface area contributed by atoms with Gasteiger partial charge in [-0.3, -0.25) is 19.3 Å². The number of amides is 2. The number of aromatic nitrogens is 1. The minimum absolute atomic E-state index is 0.117. The highest BCUT2D eigenvalue weighted by Crippen LogP contribution is 2.42. The Morgan fingerprint density at radius 3 is 2.26 bits per heavy atom. The van der Waals surface area contributed by atoms with Gasteiger partial charge in [0.05, 0.1) is 34.3 Å². The van der Waals surface area contributed by atoms with Gasteiger partial charge in [0.1, 0.15) is 0 Å². The zero-order chi connectivity index (χ0) is 30.4. The molecule has 0 bridgehead atoms. The van der Waals surface area contributed by atoms with Crippen molar-refractivity contribution in [2.45, 2.75) is 53.1 Å². The van der Waals surface area contributed by atoms with E-state index in [-0.39, 0.29) is 29.4 Å². The maximum atomic E-state index is 13.5. The van der Waals surface area contributed by atoms with Crippen molar-refractivity contribution in [3.63, 3.8) is 0 Å². The lowest BCUT2D eigenvalue weighted by Gasteiger charge is -2.25. The van der Waals surface area contributed by atoms with Crippen molar-refractivity contribution >= 4 is 40.2 Å². The number of esters is 1. The highest BCUT2D eigenvalue weighted by atomic mass is 16.5. The summed E-state index contributed by atoms with van der Waals surface area (Å²) in [6, 6.07) is 21.6. The van der Waals surface area contributed by atoms with E-state index in [1.165, 1.54) is 4.90 Å². The van der Waals surface area contributed by atoms with Gasteiger partial charge in [0.2, 0.25) is 17.6 Å². The summed E-state index contributed by atoms with van der Waals surface area (Å²) in [7, 11) is 0. The highest BCUT2D eigenvalue weighted by molar-refractivity contribution is 6.22. The van der Waals surface area contributed by atoms with E-state index in [2.05, 4.69) is 6.92 Å². The van der Waals surface area contributed by atoms with Gasteiger partial charge in [-0.05, 0) is 76.3 Å². The number of carbonyl (C=O) groups excluding carboxylic acids is 4. The van der Waals surface area contributed by atoms with E-state index in [0.29, 0.717) is 44.9 Å². The zero-order valence-electron chi connectivity index (χ0n) is 24.8. The van der Waals surface area contributed by atoms with Crippen molar-refractivity contribution in [3.05, 3.63) is 95.1 Å². The number of hydrogen-bond acceptors (Lipinski definition) is 6. The molecule has 1 saturated carbocycles. The van der Waals surface area contributed by atoms with Gasteiger partial charge in [0.15, 0.2) is 6.10 Å². The maximum absolute atomic E-state index is 13.5. The van der Waals surface area contributed by atoms with Crippen LogP contribution in [0.2, 0.25) is 0 Å². The summed E-state index contributed by atoms with van der Waals surface area (Å²) in [6.45, 7) is 7.58. The van der Waals surface area contributed by atoms with Crippen molar-refractivity contribution < 1.29 is 23.9 Å². The average molecular weight is 575 g/mol. The molecule has 0 radical (unpaired) electrons. The molecule has 1 aliphatic heterocycles. The summed E-state index contributed by atoms with van der Waals surface area (Å²) in [5.41, 5.74) is 5.18. The summed E-state index contributed by atoms with van der Waals surface area (Å²) in [5, 5.41) is 0.630. The fourth-order valence-electron chi connectivity index (χ4n) is 6.31. The van der Waals surface area contributed by atoms with Crippen LogP contribution >= 0.6 is 0 Å². The molecule has 1 aromatic heterocycles. The van der Waals surface area contributed by atoms with Crippen LogP contribution in [0.25, 0.3) is 22.2 Å². The van der Waals surface area contributed by atoms with E-state index in [0.717, 1.165) is 30.4 Å². The van der Waals surface area contributed by atoms with Gasteiger partial charge >= 0.3 is 5.97 Å². The lowest BCUT2D eigenvalue weighted by Crippen LogP contribution is -2.30. The third kappa shape index (κ3) is 5.36. The van der Waals surface area contributed by atoms with Crippen molar-refractivity contribution in [1.29, 1.82) is 0 Å². The molecule has 7 nitrogen and oxygen atoms in total. The number of carbonyl (C=O) groups is 4. The molecule has 3 aromatic carbocycles. The number of Topliss-reactive ketones (excluding diaryl/α,β-unsaturated/α-hetero) is 1. The predicted molar refractivity (Wildman–Crippen MR) is 165 cm³/mol. The Morgan fingerprint density at radius 2 is 1.53 bits per heavy atom. The molecule has 4 atom stereocenters. The Balaban J connectivity index is 1.29. The Labute approximate surface area is 250 Å². The van der Waals surface area contributed by atoms with Crippen LogP contribution in [-0.2, 0) is 14.3 Å². The van der Waals surface area contributed by atoms with E-state index in [9.17, 15) is 19.2 Å². The van der Waals surface area contributed by atoms with Crippen LogP contribution in [0.5, 0.6) is 0 Å². The first-order chi connectivity index (χ1) is 20.6. The molecule has 2 amide bonds. The Kier molecular flexibility index (Phi) is 7.42. The van der Waals surface area contributed by atoms with E-state index < -0.39 is 12.1 Å². The molecule has 1 saturated heterocycles. The van der Waals surface area contributed by atoms with Gasteiger partial charge < -0.3 is 4.74 Å². The number of pyridine rings is 1. The molecule has 43 heavy (non-hydrogen) atoms. The molecule has 0 unspecified atom stereocenters. The first-order valence-electron chi connectivity index (χ1n) is 14.8. The molecule has 6 rings (SSSR count). The second kappa shape index (κ2) is 11.2. The summed E-state index contributed by atoms with van der Waals surface area (Å²) in [6.07, 6.45) is 1.48. The van der Waals surface area contributed by atoms with Gasteiger partial charge in [-0.25, -0.2) is 9.78 Å². The second-order valence-corrected chi connectivity index (χ2v) is 12.0. The Hall–Kier alpha value is -4.65. The molecule has 4 aromatic rings. The number of fused-ring (bicyclic) bond motifs is 2. The Bertz CT molecular complexity index is 1760. The monoisotopic (exact) mass is 574 g/mol. The number of aryl methyl sites for hydroxylation is 2. The van der Waals surface area contributed by atoms with Crippen LogP contribution in [0.1, 0.15) is 65.0 Å². The third-order valence-corrected chi connectivity index (χ3v) is 8.78. The number of anilines is 1. The third-order valence-electron chi connectivity index (χ3n) is 8.78. The maximum Gasteiger partial charge on any atom is 0.339 e. The smallest absolute Gasteiger partial charge is 0.339 e. The van der Waals surface area contributed by atoms with Gasteiger partial charge in [-0.1, -0.05) is 60.5 Å². The average Bonchev–Trinajstić information content (AvgIpc) is 3.25. The number of hydrogen-bond donors (Lipinski definition) is 0. The first-order valence-corrected chi connectivity index (χ1v) is 14.8. The van der Waals surface area contributed by atoms with E-state index in [1.54, 1.807) is 37.3 Å². The minimum Gasteiger partial charge on any atom is -0.451 e. The van der Waals surface area contributed by atoms with Gasteiger partial charge in [-0.2, -0.15) is 0 Å². The largest absolute Gasteiger partial charge is 0.451 e. The number of imide groups is 1. The predicted octanol–water partition coefficient (Wildman–Crippen LogP) is 6.87. The van der Waals surface area contributed by atoms with Crippen molar-refractivity contribution in [2.24, 2.45) is 17.8 Å². The zero-order valence-corrected chi connectivity index (χ0v) is 24.8. The number of nitrogens with zero attached hydrogens (tertiary/aromatic N) is 2. The van der Waals surface area contributed by atoms with Gasteiger partial charge in [-0.15, -0.1) is 0 Å². The fourth-order valence-corrected chi connectivity index (χ4v) is 6.31. The molecular weight excluding hydrogens is 540 g/mol. The van der Waals surface area contributed by atoms with E-state index in [1.807, 2.05) is 56.3 Å². The van der Waals surface area contributed by atoms with Crippen LogP contribution in [0.4, 0.5) is 5.69 Å². The second-order valence-electron chi connectivity index (χ2n) is 12.0. The van der Waals surface area contributed by atoms with E-state index in [4.69, 9.17) is 9.72 Å². The minimum atomic E-state index is -0.979. The SMILES string of the molecule is Cc1ccc(C(=O)[C@@H](C)OC(=O)c2cc(-c3ccc(N4C(=O)[C@H]5CC[C@@H](C)C[C@@H]5C4=O)cc3)nc3ccc(C)cc23)cc1. The topological polar surface area (TPSA) is 93.6 Å². The molecular formula is C36H34N2O5. The molecule has 0 N–H and O–H groups in total. The molecule has 1 aliphatic carbocycles. The number of rotatable bonds is 6. The molecule has 218 valence electrons.